The van der Waals surface area contributed by atoms with E-state index in [0.29, 0.717) is 6.42 Å². The van der Waals surface area contributed by atoms with Crippen LogP contribution in [0.1, 0.15) is 32.3 Å². The number of hydrazine groups is 1. The van der Waals surface area contributed by atoms with Crippen LogP contribution in [0.2, 0.25) is 0 Å². The number of ether oxygens (including phenoxy) is 1. The highest BCUT2D eigenvalue weighted by Gasteiger charge is 2.17. The van der Waals surface area contributed by atoms with E-state index < -0.39 is 4.92 Å². The van der Waals surface area contributed by atoms with E-state index in [4.69, 9.17) is 22.2 Å². The molecule has 0 aliphatic heterocycles. The summed E-state index contributed by atoms with van der Waals surface area (Å²) in [6.45, 7) is 3.93. The van der Waals surface area contributed by atoms with Crippen LogP contribution in [0.5, 0.6) is 5.75 Å². The van der Waals surface area contributed by atoms with Crippen LogP contribution in [-0.4, -0.2) is 11.0 Å². The molecule has 2 aromatic carbocycles. The summed E-state index contributed by atoms with van der Waals surface area (Å²) in [7, 11) is 0. The fourth-order valence-corrected chi connectivity index (χ4v) is 3.36. The molecule has 29 heavy (non-hydrogen) atoms. The molecule has 2 N–H and O–H groups in total. The first-order valence-corrected chi connectivity index (χ1v) is 9.84. The van der Waals surface area contributed by atoms with Crippen molar-refractivity contribution < 1.29 is 9.66 Å². The average molecular weight is 414 g/mol. The molecule has 0 atom stereocenters. The number of nitro groups is 1. The fraction of sp³-hybridized carbons (Fsp3) is 0.273. The van der Waals surface area contributed by atoms with Crippen LogP contribution in [0.25, 0.3) is 0 Å². The van der Waals surface area contributed by atoms with E-state index in [1.165, 1.54) is 6.07 Å². The maximum atomic E-state index is 11.3. The number of nitrogens with two attached hydrogens (primary N) is 1. The third-order valence-electron chi connectivity index (χ3n) is 4.62. The lowest BCUT2D eigenvalue weighted by Crippen LogP contribution is -2.26. The highest BCUT2D eigenvalue weighted by atomic mass is 35.5. The predicted octanol–water partition coefficient (Wildman–Crippen LogP) is 5.78. The first-order chi connectivity index (χ1) is 13.8. The Bertz CT molecular complexity index is 952. The van der Waals surface area contributed by atoms with Crippen LogP contribution in [-0.2, 0) is 6.42 Å². The molecule has 0 unspecified atom stereocenters. The molecule has 7 heteroatoms. The molecule has 1 aliphatic carbocycles. The third kappa shape index (κ3) is 5.37. The Morgan fingerprint density at radius 1 is 1.17 bits per heavy atom. The van der Waals surface area contributed by atoms with Gasteiger partial charge in [-0.1, -0.05) is 23.3 Å². The van der Waals surface area contributed by atoms with Crippen molar-refractivity contribution in [2.75, 3.05) is 5.01 Å². The van der Waals surface area contributed by atoms with Crippen molar-refractivity contribution in [3.8, 4) is 5.75 Å². The molecule has 0 fully saturated rings. The Labute approximate surface area is 175 Å². The Morgan fingerprint density at radius 2 is 1.90 bits per heavy atom. The van der Waals surface area contributed by atoms with Gasteiger partial charge in [0.2, 0.25) is 0 Å². The van der Waals surface area contributed by atoms with Gasteiger partial charge in [0.25, 0.3) is 5.69 Å². The van der Waals surface area contributed by atoms with Crippen molar-refractivity contribution in [1.82, 2.24) is 0 Å². The van der Waals surface area contributed by atoms with Gasteiger partial charge in [-0.3, -0.25) is 15.1 Å². The predicted molar refractivity (Wildman–Crippen MR) is 117 cm³/mol. The molecule has 152 valence electrons. The van der Waals surface area contributed by atoms with Crippen LogP contribution < -0.4 is 15.6 Å². The molecule has 0 radical (unpaired) electrons. The summed E-state index contributed by atoms with van der Waals surface area (Å²) < 4.78 is 5.67. The average Bonchev–Trinajstić information content (AvgIpc) is 2.69. The normalized spacial score (nSPS) is 13.7. The summed E-state index contributed by atoms with van der Waals surface area (Å²) in [5, 5.41) is 13.6. The zero-order valence-corrected chi connectivity index (χ0v) is 17.2. The Kier molecular flexibility index (Phi) is 6.56. The van der Waals surface area contributed by atoms with E-state index in [2.05, 4.69) is 0 Å². The largest absolute Gasteiger partial charge is 0.491 e. The van der Waals surface area contributed by atoms with Gasteiger partial charge in [0, 0.05) is 17.2 Å². The summed E-state index contributed by atoms with van der Waals surface area (Å²) in [4.78, 5) is 10.9. The number of benzene rings is 2. The Hall–Kier alpha value is -2.83. The van der Waals surface area contributed by atoms with E-state index in [1.807, 2.05) is 50.3 Å². The summed E-state index contributed by atoms with van der Waals surface area (Å²) in [5.74, 6) is 7.15. The number of nitrogens with zero attached hydrogens (tertiary/aromatic N) is 2. The van der Waals surface area contributed by atoms with Gasteiger partial charge in [-0.15, -0.1) is 0 Å². The maximum Gasteiger partial charge on any atom is 0.269 e. The number of non-ortho nitro benzene ring substituents is 1. The molecule has 0 aromatic heterocycles. The summed E-state index contributed by atoms with van der Waals surface area (Å²) >= 11 is 6.05. The number of rotatable bonds is 7. The van der Waals surface area contributed by atoms with Gasteiger partial charge in [0.05, 0.1) is 22.4 Å². The monoisotopic (exact) mass is 413 g/mol. The molecule has 2 aromatic rings. The third-order valence-corrected chi connectivity index (χ3v) is 4.94. The molecular weight excluding hydrogens is 390 g/mol. The summed E-state index contributed by atoms with van der Waals surface area (Å²) in [5.41, 5.74) is 3.47. The van der Waals surface area contributed by atoms with E-state index in [-0.39, 0.29) is 11.8 Å². The lowest BCUT2D eigenvalue weighted by atomic mass is 9.96. The molecule has 0 saturated heterocycles. The number of halogens is 1. The second-order valence-electron chi connectivity index (χ2n) is 7.22. The minimum atomic E-state index is -0.391. The van der Waals surface area contributed by atoms with E-state index in [1.54, 1.807) is 17.1 Å². The standard InChI is InChI=1S/C22H24ClN3O3/c1-15(2)29-21-10-7-19(8-11-21)25(24)22-12-9-20(26(27)28)14-17(22)13-16-3-5-18(23)6-4-16/h3,5,7-12,14-15H,4,6,13,24H2,1-2H3. The highest BCUT2D eigenvalue weighted by Crippen LogP contribution is 2.33. The minimum Gasteiger partial charge on any atom is -0.491 e. The number of anilines is 2. The van der Waals surface area contributed by atoms with Gasteiger partial charge in [-0.2, -0.15) is 0 Å². The van der Waals surface area contributed by atoms with Crippen LogP contribution in [0, 0.1) is 10.1 Å². The lowest BCUT2D eigenvalue weighted by molar-refractivity contribution is -0.384. The zero-order chi connectivity index (χ0) is 21.0. The lowest BCUT2D eigenvalue weighted by Gasteiger charge is -2.23. The maximum absolute atomic E-state index is 11.3. The molecule has 0 saturated carbocycles. The molecule has 1 aliphatic rings. The van der Waals surface area contributed by atoms with Gasteiger partial charge < -0.3 is 4.74 Å². The van der Waals surface area contributed by atoms with Crippen molar-refractivity contribution in [3.63, 3.8) is 0 Å². The van der Waals surface area contributed by atoms with Crippen molar-refractivity contribution in [2.45, 2.75) is 39.2 Å². The quantitative estimate of drug-likeness (QED) is 0.353. The van der Waals surface area contributed by atoms with Crippen molar-refractivity contribution in [1.29, 1.82) is 0 Å². The van der Waals surface area contributed by atoms with Crippen molar-refractivity contribution in [2.24, 2.45) is 5.84 Å². The van der Waals surface area contributed by atoms with Crippen LogP contribution in [0.3, 0.4) is 0 Å². The molecule has 0 amide bonds. The smallest absolute Gasteiger partial charge is 0.269 e. The number of nitro benzene ring substituents is 1. The SMILES string of the molecule is CC(C)Oc1ccc(N(N)c2ccc([N+](=O)[O-])cc2CC2=CC=C(Cl)CC2)cc1. The number of allylic oxidation sites excluding steroid dienone is 4. The number of hydrogen-bond donors (Lipinski definition) is 1. The van der Waals surface area contributed by atoms with Gasteiger partial charge in [-0.05, 0) is 75.1 Å². The Balaban J connectivity index is 1.91. The summed E-state index contributed by atoms with van der Waals surface area (Å²) in [6, 6.07) is 12.2. The van der Waals surface area contributed by atoms with Gasteiger partial charge in [0.1, 0.15) is 5.75 Å². The van der Waals surface area contributed by atoms with E-state index in [0.717, 1.165) is 46.1 Å². The molecule has 3 rings (SSSR count). The van der Waals surface area contributed by atoms with Gasteiger partial charge >= 0.3 is 0 Å². The second-order valence-corrected chi connectivity index (χ2v) is 7.70. The van der Waals surface area contributed by atoms with Crippen LogP contribution in [0.4, 0.5) is 17.1 Å². The minimum absolute atomic E-state index is 0.0443. The highest BCUT2D eigenvalue weighted by molar-refractivity contribution is 6.29. The second kappa shape index (κ2) is 9.11. The first-order valence-electron chi connectivity index (χ1n) is 9.46. The van der Waals surface area contributed by atoms with Crippen LogP contribution in [0.15, 0.2) is 65.2 Å². The number of hydrogen-bond acceptors (Lipinski definition) is 5. The topological polar surface area (TPSA) is 81.6 Å². The molecule has 0 spiro atoms. The van der Waals surface area contributed by atoms with Crippen molar-refractivity contribution >= 4 is 28.7 Å². The molecule has 0 bridgehead atoms. The van der Waals surface area contributed by atoms with Crippen LogP contribution >= 0.6 is 11.6 Å². The summed E-state index contributed by atoms with van der Waals surface area (Å²) in [6.07, 6.45) is 6.12. The van der Waals surface area contributed by atoms with E-state index in [9.17, 15) is 10.1 Å². The Morgan fingerprint density at radius 3 is 2.48 bits per heavy atom. The van der Waals surface area contributed by atoms with E-state index >= 15 is 0 Å². The van der Waals surface area contributed by atoms with Crippen molar-refractivity contribution in [3.05, 3.63) is 80.9 Å². The molecule has 0 heterocycles. The molecule has 6 nitrogen and oxygen atoms in total. The fourth-order valence-electron chi connectivity index (χ4n) is 3.21. The molecular formula is C22H24ClN3O3. The van der Waals surface area contributed by atoms with Gasteiger partial charge in [-0.25, -0.2) is 5.84 Å². The van der Waals surface area contributed by atoms with Gasteiger partial charge in [0.15, 0.2) is 0 Å². The zero-order valence-electron chi connectivity index (χ0n) is 16.5. The first kappa shape index (κ1) is 20.9.